The van der Waals surface area contributed by atoms with Crippen LogP contribution in [0.3, 0.4) is 0 Å². The molecule has 0 aromatic heterocycles. The zero-order valence-corrected chi connectivity index (χ0v) is 6.40. The molecule has 4 saturated carbocycles. The van der Waals surface area contributed by atoms with Crippen LogP contribution in [0.4, 0.5) is 0 Å². The van der Waals surface area contributed by atoms with Gasteiger partial charge in [-0.3, -0.25) is 0 Å². The molecule has 0 saturated heterocycles. The standard InChI is InChI=1S/C9H15N/c10-6-9-4-3-8(9)2-1-7(9)5-8/h7H,1-6,10H2. The highest BCUT2D eigenvalue weighted by molar-refractivity contribution is 5.23. The van der Waals surface area contributed by atoms with E-state index in [2.05, 4.69) is 0 Å². The average molecular weight is 137 g/mol. The second-order valence-corrected chi connectivity index (χ2v) is 4.58. The van der Waals surface area contributed by atoms with Gasteiger partial charge in [0.1, 0.15) is 0 Å². The lowest BCUT2D eigenvalue weighted by Gasteiger charge is -2.67. The van der Waals surface area contributed by atoms with Gasteiger partial charge in [-0.15, -0.1) is 0 Å². The van der Waals surface area contributed by atoms with Crippen molar-refractivity contribution in [2.75, 3.05) is 6.54 Å². The third-order valence-corrected chi connectivity index (χ3v) is 4.86. The van der Waals surface area contributed by atoms with Gasteiger partial charge in [0, 0.05) is 0 Å². The van der Waals surface area contributed by atoms with Crippen LogP contribution in [0, 0.1) is 16.7 Å². The van der Waals surface area contributed by atoms with Gasteiger partial charge in [0.05, 0.1) is 0 Å². The topological polar surface area (TPSA) is 26.0 Å². The Balaban J connectivity index is 2.02. The summed E-state index contributed by atoms with van der Waals surface area (Å²) in [5.74, 6) is 1.05. The van der Waals surface area contributed by atoms with Gasteiger partial charge in [-0.25, -0.2) is 0 Å². The summed E-state index contributed by atoms with van der Waals surface area (Å²) in [6.07, 6.45) is 7.49. The summed E-state index contributed by atoms with van der Waals surface area (Å²) in [5.41, 5.74) is 7.31. The summed E-state index contributed by atoms with van der Waals surface area (Å²) >= 11 is 0. The zero-order valence-electron chi connectivity index (χ0n) is 6.40. The highest BCUT2D eigenvalue weighted by atomic mass is 14.8. The Morgan fingerprint density at radius 2 is 2.20 bits per heavy atom. The van der Waals surface area contributed by atoms with E-state index < -0.39 is 0 Å². The van der Waals surface area contributed by atoms with Crippen molar-refractivity contribution in [2.24, 2.45) is 22.5 Å². The van der Waals surface area contributed by atoms with Crippen molar-refractivity contribution < 1.29 is 0 Å². The molecule has 3 atom stereocenters. The molecule has 2 N–H and O–H groups in total. The molecule has 2 bridgehead atoms. The third-order valence-electron chi connectivity index (χ3n) is 4.86. The van der Waals surface area contributed by atoms with Crippen molar-refractivity contribution >= 4 is 0 Å². The number of hydrogen-bond acceptors (Lipinski definition) is 1. The maximum absolute atomic E-state index is 5.83. The highest BCUT2D eigenvalue weighted by Gasteiger charge is 2.73. The van der Waals surface area contributed by atoms with Crippen LogP contribution < -0.4 is 5.73 Å². The Morgan fingerprint density at radius 3 is 2.50 bits per heavy atom. The molecule has 4 fully saturated rings. The van der Waals surface area contributed by atoms with Gasteiger partial charge < -0.3 is 5.73 Å². The van der Waals surface area contributed by atoms with E-state index in [1.165, 1.54) is 32.1 Å². The Hall–Kier alpha value is -0.0400. The summed E-state index contributed by atoms with van der Waals surface area (Å²) in [6.45, 7) is 0.984. The van der Waals surface area contributed by atoms with Crippen molar-refractivity contribution in [3.05, 3.63) is 0 Å². The second-order valence-electron chi connectivity index (χ2n) is 4.58. The van der Waals surface area contributed by atoms with Crippen LogP contribution in [0.5, 0.6) is 0 Å². The van der Waals surface area contributed by atoms with E-state index in [1.807, 2.05) is 0 Å². The summed E-state index contributed by atoms with van der Waals surface area (Å²) < 4.78 is 0. The molecule has 0 aromatic rings. The first-order valence-electron chi connectivity index (χ1n) is 4.53. The minimum Gasteiger partial charge on any atom is -0.330 e. The largest absolute Gasteiger partial charge is 0.330 e. The summed E-state index contributed by atoms with van der Waals surface area (Å²) in [4.78, 5) is 0. The summed E-state index contributed by atoms with van der Waals surface area (Å²) in [5, 5.41) is 0. The van der Waals surface area contributed by atoms with Crippen molar-refractivity contribution in [2.45, 2.75) is 32.1 Å². The number of fused-ring (bicyclic) bond motifs is 1. The molecule has 10 heavy (non-hydrogen) atoms. The maximum Gasteiger partial charge on any atom is -0.00125 e. The number of hydrogen-bond donors (Lipinski definition) is 1. The molecule has 0 aliphatic heterocycles. The molecule has 0 aromatic carbocycles. The lowest BCUT2D eigenvalue weighted by molar-refractivity contribution is -0.173. The molecule has 4 aliphatic rings. The molecule has 56 valence electrons. The lowest BCUT2D eigenvalue weighted by atomic mass is 9.38. The molecule has 0 radical (unpaired) electrons. The molecule has 3 unspecified atom stereocenters. The van der Waals surface area contributed by atoms with Gasteiger partial charge in [0.25, 0.3) is 0 Å². The quantitative estimate of drug-likeness (QED) is 0.582. The van der Waals surface area contributed by atoms with E-state index in [0.717, 1.165) is 17.9 Å². The number of nitrogens with two attached hydrogens (primary N) is 1. The fourth-order valence-corrected chi connectivity index (χ4v) is 4.07. The predicted octanol–water partition coefficient (Wildman–Crippen LogP) is 1.53. The fraction of sp³-hybridized carbons (Fsp3) is 1.00. The van der Waals surface area contributed by atoms with E-state index in [0.29, 0.717) is 5.41 Å². The smallest absolute Gasteiger partial charge is 0.00125 e. The fourth-order valence-electron chi connectivity index (χ4n) is 4.07. The van der Waals surface area contributed by atoms with Crippen LogP contribution in [0.15, 0.2) is 0 Å². The van der Waals surface area contributed by atoms with E-state index in [-0.39, 0.29) is 0 Å². The molecular formula is C9H15N. The van der Waals surface area contributed by atoms with E-state index in [1.54, 1.807) is 0 Å². The molecule has 1 heteroatoms. The van der Waals surface area contributed by atoms with Crippen LogP contribution in [0.1, 0.15) is 32.1 Å². The van der Waals surface area contributed by atoms with Crippen LogP contribution in [-0.2, 0) is 0 Å². The molecular weight excluding hydrogens is 122 g/mol. The SMILES string of the molecule is NCC12CCC13CCC2C3. The first-order chi connectivity index (χ1) is 4.83. The Morgan fingerprint density at radius 1 is 1.30 bits per heavy atom. The molecule has 1 spiro atoms. The van der Waals surface area contributed by atoms with E-state index in [4.69, 9.17) is 5.73 Å². The molecule has 0 amide bonds. The van der Waals surface area contributed by atoms with Gasteiger partial charge >= 0.3 is 0 Å². The first kappa shape index (κ1) is 5.59. The lowest BCUT2D eigenvalue weighted by Crippen LogP contribution is -2.63. The zero-order chi connectivity index (χ0) is 6.82. The molecule has 1 nitrogen and oxygen atoms in total. The highest BCUT2D eigenvalue weighted by Crippen LogP contribution is 2.80. The van der Waals surface area contributed by atoms with Crippen LogP contribution in [0.2, 0.25) is 0 Å². The monoisotopic (exact) mass is 137 g/mol. The van der Waals surface area contributed by atoms with E-state index in [9.17, 15) is 0 Å². The Bertz CT molecular complexity index is 181. The summed E-state index contributed by atoms with van der Waals surface area (Å²) in [7, 11) is 0. The van der Waals surface area contributed by atoms with Gasteiger partial charge in [-0.05, 0) is 55.4 Å². The minimum atomic E-state index is 0.687. The van der Waals surface area contributed by atoms with Gasteiger partial charge in [-0.1, -0.05) is 0 Å². The maximum atomic E-state index is 5.83. The number of rotatable bonds is 1. The van der Waals surface area contributed by atoms with Crippen molar-refractivity contribution in [3.8, 4) is 0 Å². The first-order valence-corrected chi connectivity index (χ1v) is 4.53. The van der Waals surface area contributed by atoms with Gasteiger partial charge in [0.2, 0.25) is 0 Å². The third kappa shape index (κ3) is 0.298. The predicted molar refractivity (Wildman–Crippen MR) is 40.5 cm³/mol. The van der Waals surface area contributed by atoms with Crippen LogP contribution in [0.25, 0.3) is 0 Å². The second kappa shape index (κ2) is 1.29. The Kier molecular flexibility index (Phi) is 0.722. The molecule has 4 aliphatic carbocycles. The van der Waals surface area contributed by atoms with Crippen molar-refractivity contribution in [3.63, 3.8) is 0 Å². The average Bonchev–Trinajstić information content (AvgIpc) is 2.43. The molecule has 4 rings (SSSR count). The van der Waals surface area contributed by atoms with Gasteiger partial charge in [0.15, 0.2) is 0 Å². The van der Waals surface area contributed by atoms with Crippen molar-refractivity contribution in [1.29, 1.82) is 0 Å². The minimum absolute atomic E-state index is 0.687. The normalized spacial score (nSPS) is 62.7. The van der Waals surface area contributed by atoms with Crippen LogP contribution in [-0.4, -0.2) is 6.54 Å². The van der Waals surface area contributed by atoms with Gasteiger partial charge in [-0.2, -0.15) is 0 Å². The van der Waals surface area contributed by atoms with Crippen LogP contribution >= 0.6 is 0 Å². The van der Waals surface area contributed by atoms with Crippen molar-refractivity contribution in [1.82, 2.24) is 0 Å². The Labute approximate surface area is 62.0 Å². The molecule has 0 heterocycles. The van der Waals surface area contributed by atoms with E-state index >= 15 is 0 Å². The summed E-state index contributed by atoms with van der Waals surface area (Å²) in [6, 6.07) is 0.